The Hall–Kier alpha value is -1.61. The molecule has 3 nitrogen and oxygen atoms in total. The lowest BCUT2D eigenvalue weighted by Crippen LogP contribution is -2.26. The minimum absolute atomic E-state index is 0.124. The lowest BCUT2D eigenvalue weighted by Gasteiger charge is -2.27. The van der Waals surface area contributed by atoms with E-state index in [2.05, 4.69) is 68.4 Å². The summed E-state index contributed by atoms with van der Waals surface area (Å²) in [6, 6.07) is 10.9. The summed E-state index contributed by atoms with van der Waals surface area (Å²) < 4.78 is 1.86. The first kappa shape index (κ1) is 14.8. The van der Waals surface area contributed by atoms with Gasteiger partial charge in [-0.2, -0.15) is 5.10 Å². The summed E-state index contributed by atoms with van der Waals surface area (Å²) in [5.74, 6) is 0. The van der Waals surface area contributed by atoms with Crippen molar-refractivity contribution in [2.24, 2.45) is 7.05 Å². The number of nitrogens with one attached hydrogen (secondary N) is 1. The zero-order chi connectivity index (χ0) is 14.8. The molecule has 1 unspecified atom stereocenters. The van der Waals surface area contributed by atoms with Crippen LogP contribution in [0.3, 0.4) is 0 Å². The van der Waals surface area contributed by atoms with Crippen LogP contribution in [-0.4, -0.2) is 16.3 Å². The van der Waals surface area contributed by atoms with Gasteiger partial charge >= 0.3 is 0 Å². The van der Waals surface area contributed by atoms with E-state index in [1.165, 1.54) is 11.1 Å². The van der Waals surface area contributed by atoms with Crippen molar-refractivity contribution >= 4 is 0 Å². The van der Waals surface area contributed by atoms with Gasteiger partial charge in [-0.05, 0) is 29.2 Å². The SMILES string of the molecule is CCNC(c1ccn(C)n1)c1ccccc1C(C)(C)C. The smallest absolute Gasteiger partial charge is 0.0839 e. The number of hydrogen-bond donors (Lipinski definition) is 1. The third-order valence-corrected chi connectivity index (χ3v) is 3.52. The molecule has 20 heavy (non-hydrogen) atoms. The van der Waals surface area contributed by atoms with Crippen molar-refractivity contribution in [3.63, 3.8) is 0 Å². The molecule has 0 amide bonds. The molecule has 1 aromatic carbocycles. The summed E-state index contributed by atoms with van der Waals surface area (Å²) in [5.41, 5.74) is 3.89. The Morgan fingerprint density at radius 2 is 1.90 bits per heavy atom. The van der Waals surface area contributed by atoms with Crippen LogP contribution in [0.25, 0.3) is 0 Å². The maximum absolute atomic E-state index is 4.58. The number of hydrogen-bond acceptors (Lipinski definition) is 2. The van der Waals surface area contributed by atoms with Gasteiger partial charge in [0, 0.05) is 13.2 Å². The van der Waals surface area contributed by atoms with Gasteiger partial charge in [0.1, 0.15) is 0 Å². The maximum atomic E-state index is 4.58. The predicted octanol–water partition coefficient (Wildman–Crippen LogP) is 3.42. The van der Waals surface area contributed by atoms with Crippen LogP contribution in [0.5, 0.6) is 0 Å². The first-order valence-electron chi connectivity index (χ1n) is 7.26. The molecular weight excluding hydrogens is 246 g/mol. The average Bonchev–Trinajstić information content (AvgIpc) is 2.81. The molecule has 108 valence electrons. The highest BCUT2D eigenvalue weighted by molar-refractivity contribution is 5.38. The van der Waals surface area contributed by atoms with Crippen LogP contribution in [-0.2, 0) is 12.5 Å². The van der Waals surface area contributed by atoms with E-state index in [1.54, 1.807) is 0 Å². The number of nitrogens with zero attached hydrogens (tertiary/aromatic N) is 2. The first-order chi connectivity index (χ1) is 9.43. The third-order valence-electron chi connectivity index (χ3n) is 3.52. The van der Waals surface area contributed by atoms with Crippen LogP contribution in [0.1, 0.15) is 50.6 Å². The summed E-state index contributed by atoms with van der Waals surface area (Å²) >= 11 is 0. The molecule has 1 atom stereocenters. The summed E-state index contributed by atoms with van der Waals surface area (Å²) in [5, 5.41) is 8.15. The lowest BCUT2D eigenvalue weighted by atomic mass is 9.81. The molecule has 0 aliphatic carbocycles. The second kappa shape index (κ2) is 5.80. The highest BCUT2D eigenvalue weighted by atomic mass is 15.3. The van der Waals surface area contributed by atoms with E-state index in [-0.39, 0.29) is 11.5 Å². The second-order valence-electron chi connectivity index (χ2n) is 6.24. The molecule has 3 heteroatoms. The van der Waals surface area contributed by atoms with Gasteiger partial charge in [0.25, 0.3) is 0 Å². The largest absolute Gasteiger partial charge is 0.305 e. The standard InChI is InChI=1S/C17H25N3/c1-6-18-16(15-11-12-20(5)19-15)13-9-7-8-10-14(13)17(2,3)4/h7-12,16,18H,6H2,1-5H3. The molecule has 0 radical (unpaired) electrons. The zero-order valence-electron chi connectivity index (χ0n) is 13.1. The molecule has 1 N–H and O–H groups in total. The average molecular weight is 271 g/mol. The molecule has 0 aliphatic heterocycles. The van der Waals surface area contributed by atoms with E-state index < -0.39 is 0 Å². The van der Waals surface area contributed by atoms with Crippen LogP contribution in [0.2, 0.25) is 0 Å². The quantitative estimate of drug-likeness (QED) is 0.923. The van der Waals surface area contributed by atoms with E-state index in [9.17, 15) is 0 Å². The topological polar surface area (TPSA) is 29.9 Å². The normalized spacial score (nSPS) is 13.4. The Morgan fingerprint density at radius 3 is 2.45 bits per heavy atom. The summed E-state index contributed by atoms with van der Waals surface area (Å²) in [6.45, 7) is 9.82. The Kier molecular flexibility index (Phi) is 4.29. The molecular formula is C17H25N3. The first-order valence-corrected chi connectivity index (χ1v) is 7.26. The van der Waals surface area contributed by atoms with E-state index in [0.717, 1.165) is 12.2 Å². The fourth-order valence-electron chi connectivity index (χ4n) is 2.60. The number of aryl methyl sites for hydroxylation is 1. The van der Waals surface area contributed by atoms with E-state index in [1.807, 2.05) is 17.9 Å². The van der Waals surface area contributed by atoms with Gasteiger partial charge in [0.2, 0.25) is 0 Å². The maximum Gasteiger partial charge on any atom is 0.0839 e. The van der Waals surface area contributed by atoms with Crippen LogP contribution >= 0.6 is 0 Å². The van der Waals surface area contributed by atoms with E-state index >= 15 is 0 Å². The number of rotatable bonds is 4. The molecule has 1 heterocycles. The summed E-state index contributed by atoms with van der Waals surface area (Å²) in [6.07, 6.45) is 2.00. The Bertz CT molecular complexity index is 564. The van der Waals surface area contributed by atoms with Gasteiger partial charge in [-0.15, -0.1) is 0 Å². The van der Waals surface area contributed by atoms with Gasteiger partial charge in [0.15, 0.2) is 0 Å². The van der Waals surface area contributed by atoms with Crippen molar-refractivity contribution in [2.75, 3.05) is 6.54 Å². The Balaban J connectivity index is 2.50. The van der Waals surface area contributed by atoms with Crippen molar-refractivity contribution in [1.82, 2.24) is 15.1 Å². The lowest BCUT2D eigenvalue weighted by molar-refractivity contribution is 0.548. The van der Waals surface area contributed by atoms with Gasteiger partial charge in [-0.25, -0.2) is 0 Å². The molecule has 2 rings (SSSR count). The van der Waals surface area contributed by atoms with Crippen molar-refractivity contribution in [3.8, 4) is 0 Å². The van der Waals surface area contributed by atoms with Crippen molar-refractivity contribution in [3.05, 3.63) is 53.3 Å². The van der Waals surface area contributed by atoms with Gasteiger partial charge in [-0.1, -0.05) is 52.0 Å². The summed E-state index contributed by atoms with van der Waals surface area (Å²) in [7, 11) is 1.96. The Morgan fingerprint density at radius 1 is 1.20 bits per heavy atom. The second-order valence-corrected chi connectivity index (χ2v) is 6.24. The van der Waals surface area contributed by atoms with Gasteiger partial charge < -0.3 is 5.32 Å². The minimum atomic E-state index is 0.124. The molecule has 0 bridgehead atoms. The van der Waals surface area contributed by atoms with Crippen molar-refractivity contribution < 1.29 is 0 Å². The molecule has 0 aliphatic rings. The fraction of sp³-hybridized carbons (Fsp3) is 0.471. The zero-order valence-corrected chi connectivity index (χ0v) is 13.1. The van der Waals surface area contributed by atoms with Gasteiger partial charge in [0.05, 0.1) is 11.7 Å². The fourth-order valence-corrected chi connectivity index (χ4v) is 2.60. The molecule has 0 fully saturated rings. The van der Waals surface area contributed by atoms with Crippen LogP contribution in [0.15, 0.2) is 36.5 Å². The minimum Gasteiger partial charge on any atom is -0.305 e. The number of aromatic nitrogens is 2. The number of benzene rings is 1. The molecule has 0 saturated carbocycles. The van der Waals surface area contributed by atoms with Crippen LogP contribution in [0.4, 0.5) is 0 Å². The predicted molar refractivity (Wildman–Crippen MR) is 83.9 cm³/mol. The highest BCUT2D eigenvalue weighted by Crippen LogP contribution is 2.32. The highest BCUT2D eigenvalue weighted by Gasteiger charge is 2.24. The molecule has 0 spiro atoms. The Labute approximate surface area is 122 Å². The van der Waals surface area contributed by atoms with Crippen molar-refractivity contribution in [1.29, 1.82) is 0 Å². The molecule has 0 saturated heterocycles. The van der Waals surface area contributed by atoms with Crippen molar-refractivity contribution in [2.45, 2.75) is 39.2 Å². The van der Waals surface area contributed by atoms with Crippen LogP contribution < -0.4 is 5.32 Å². The molecule has 2 aromatic rings. The van der Waals surface area contributed by atoms with E-state index in [4.69, 9.17) is 0 Å². The summed E-state index contributed by atoms with van der Waals surface area (Å²) in [4.78, 5) is 0. The molecule has 1 aromatic heterocycles. The third kappa shape index (κ3) is 3.10. The van der Waals surface area contributed by atoms with Crippen LogP contribution in [0, 0.1) is 0 Å². The monoisotopic (exact) mass is 271 g/mol. The van der Waals surface area contributed by atoms with Gasteiger partial charge in [-0.3, -0.25) is 4.68 Å². The van der Waals surface area contributed by atoms with E-state index in [0.29, 0.717) is 0 Å².